The lowest BCUT2D eigenvalue weighted by Crippen LogP contribution is -2.41. The first-order valence-electron chi connectivity index (χ1n) is 21.6. The van der Waals surface area contributed by atoms with Crippen molar-refractivity contribution in [2.45, 2.75) is 25.7 Å². The van der Waals surface area contributed by atoms with Gasteiger partial charge < -0.3 is 31.1 Å². The zero-order valence-corrected chi connectivity index (χ0v) is 36.4. The van der Waals surface area contributed by atoms with Crippen LogP contribution in [0.5, 0.6) is 0 Å². The van der Waals surface area contributed by atoms with Gasteiger partial charge in [-0.3, -0.25) is 59.1 Å². The highest BCUT2D eigenvalue weighted by Gasteiger charge is 2.15. The van der Waals surface area contributed by atoms with Gasteiger partial charge in [0.15, 0.2) is 0 Å². The fourth-order valence-corrected chi connectivity index (χ4v) is 5.83. The topological polar surface area (TPSA) is 224 Å². The van der Waals surface area contributed by atoms with Gasteiger partial charge >= 0.3 is 0 Å². The largest absolute Gasteiger partial charge is 0.354 e. The average Bonchev–Trinajstić information content (AvgIpc) is 3.32. The molecule has 4 amide bonds. The molecule has 0 atom stereocenters. The Morgan fingerprint density at radius 2 is 0.641 bits per heavy atom. The second-order valence-electron chi connectivity index (χ2n) is 14.2. The van der Waals surface area contributed by atoms with Crippen LogP contribution in [0, 0.1) is 0 Å². The zero-order valence-electron chi connectivity index (χ0n) is 36.4. The molecule has 0 aliphatic carbocycles. The van der Waals surface area contributed by atoms with Gasteiger partial charge in [0.25, 0.3) is 0 Å². The Hall–Kier alpha value is -6.92. The summed E-state index contributed by atoms with van der Waals surface area (Å²) in [7, 11) is 0. The van der Waals surface area contributed by atoms with E-state index in [1.165, 1.54) is 0 Å². The fraction of sp³-hybridized carbons (Fsp3) is 0.391. The lowest BCUT2D eigenvalue weighted by atomic mass is 10.2. The van der Waals surface area contributed by atoms with Crippen molar-refractivity contribution in [1.82, 2.24) is 51.0 Å². The molecule has 0 spiro atoms. The predicted molar refractivity (Wildman–Crippen MR) is 250 cm³/mol. The van der Waals surface area contributed by atoms with Gasteiger partial charge in [-0.05, 0) is 48.5 Å². The molecule has 18 nitrogen and oxygen atoms in total. The highest BCUT2D eigenvalue weighted by atomic mass is 16.2. The summed E-state index contributed by atoms with van der Waals surface area (Å²) in [5, 5.41) is 11.7. The van der Waals surface area contributed by atoms with Crippen molar-refractivity contribution in [1.29, 1.82) is 0 Å². The number of nitrogens with one attached hydrogen (secondary N) is 4. The number of rotatable bonds is 31. The van der Waals surface area contributed by atoms with Gasteiger partial charge in [-0.25, -0.2) is 0 Å². The van der Waals surface area contributed by atoms with Gasteiger partial charge in [0.05, 0.1) is 49.0 Å². The molecule has 4 aromatic rings. The Morgan fingerprint density at radius 3 is 0.859 bits per heavy atom. The van der Waals surface area contributed by atoms with Crippen molar-refractivity contribution < 1.29 is 19.2 Å². The average molecular weight is 873 g/mol. The molecule has 338 valence electrons. The number of carbonyl (C=O) groups excluding carboxylic acids is 4. The molecular weight excluding hydrogens is 813 g/mol. The summed E-state index contributed by atoms with van der Waals surface area (Å²) in [5.74, 6) is -0.529. The number of hydrogen-bond donors (Lipinski definition) is 4. The molecule has 0 saturated heterocycles. The van der Waals surface area contributed by atoms with E-state index in [4.69, 9.17) is 0 Å². The van der Waals surface area contributed by atoms with Crippen LogP contribution in [-0.4, -0.2) is 170 Å². The van der Waals surface area contributed by atoms with E-state index in [1.807, 2.05) is 72.8 Å². The van der Waals surface area contributed by atoms with E-state index in [1.54, 1.807) is 49.6 Å². The molecule has 0 aliphatic heterocycles. The molecule has 4 aromatic heterocycles. The number of amides is 4. The molecular formula is C46H60N14O4. The summed E-state index contributed by atoms with van der Waals surface area (Å²) in [4.78, 5) is 89.9. The molecule has 0 aromatic carbocycles. The first-order chi connectivity index (χ1) is 31.4. The first kappa shape index (κ1) is 49.7. The van der Waals surface area contributed by atoms with Gasteiger partial charge in [0, 0.05) is 141 Å². The van der Waals surface area contributed by atoms with Crippen LogP contribution in [0.25, 0.3) is 0 Å². The molecule has 0 bridgehead atoms. The highest BCUT2D eigenvalue weighted by molar-refractivity contribution is 5.80. The van der Waals surface area contributed by atoms with Crippen molar-refractivity contribution in [3.05, 3.63) is 120 Å². The van der Waals surface area contributed by atoms with Gasteiger partial charge in [0.1, 0.15) is 0 Å². The lowest BCUT2D eigenvalue weighted by Gasteiger charge is -2.27. The van der Waals surface area contributed by atoms with E-state index < -0.39 is 0 Å². The molecule has 64 heavy (non-hydrogen) atoms. The minimum Gasteiger partial charge on any atom is -0.354 e. The normalized spacial score (nSPS) is 11.6. The molecule has 0 fully saturated rings. The Morgan fingerprint density at radius 1 is 0.391 bits per heavy atom. The highest BCUT2D eigenvalue weighted by Crippen LogP contribution is 2.02. The van der Waals surface area contributed by atoms with Crippen LogP contribution in [0.15, 0.2) is 118 Å². The van der Waals surface area contributed by atoms with Crippen LogP contribution in [-0.2, 0) is 19.2 Å². The summed E-state index contributed by atoms with van der Waals surface area (Å²) < 4.78 is 0. The quantitative estimate of drug-likeness (QED) is 0.0423. The third kappa shape index (κ3) is 23.9. The number of pyridine rings is 4. The SMILES string of the molecule is O=C(CCN(CCC(=O)NCCN=Cc1ccccn1)CCN(CCC(=O)NCCN=Cc1ccccn1)CCC(=O)NCCN=Cc1ccccn1)NCCN=Cc1ccccn1. The summed E-state index contributed by atoms with van der Waals surface area (Å²) in [5.41, 5.74) is 2.96. The van der Waals surface area contributed by atoms with Gasteiger partial charge in [-0.2, -0.15) is 0 Å². The van der Waals surface area contributed by atoms with Crippen LogP contribution in [0.4, 0.5) is 0 Å². The first-order valence-corrected chi connectivity index (χ1v) is 21.6. The van der Waals surface area contributed by atoms with E-state index in [0.29, 0.717) is 91.6 Å². The lowest BCUT2D eigenvalue weighted by molar-refractivity contribution is -0.123. The standard InChI is InChI=1S/C46H60N14O4/c61-43(55-25-21-47-35-39-9-1-5-17-51-39)13-29-59(30-14-44(62)56-26-22-48-36-40-10-2-6-18-52-40)33-34-60(31-15-45(63)57-27-23-49-37-41-11-3-7-19-53-41)32-16-46(64)58-28-24-50-38-42-12-4-8-20-54-42/h1-12,17-20,35-38H,13-16,21-34H2,(H,55,61)(H,56,62)(H,57,63)(H,58,64). The second-order valence-corrected chi connectivity index (χ2v) is 14.2. The van der Waals surface area contributed by atoms with Crippen molar-refractivity contribution >= 4 is 48.5 Å². The monoisotopic (exact) mass is 872 g/mol. The van der Waals surface area contributed by atoms with Crippen molar-refractivity contribution in [2.24, 2.45) is 20.0 Å². The molecule has 4 heterocycles. The number of nitrogens with zero attached hydrogens (tertiary/aromatic N) is 10. The number of aromatic nitrogens is 4. The third-order valence-corrected chi connectivity index (χ3v) is 9.25. The van der Waals surface area contributed by atoms with Crippen molar-refractivity contribution in [3.63, 3.8) is 0 Å². The molecule has 18 heteroatoms. The maximum absolute atomic E-state index is 12.9. The summed E-state index contributed by atoms with van der Waals surface area (Å²) in [6, 6.07) is 22.3. The summed E-state index contributed by atoms with van der Waals surface area (Å²) >= 11 is 0. The molecule has 0 radical (unpaired) electrons. The van der Waals surface area contributed by atoms with Crippen LogP contribution < -0.4 is 21.3 Å². The van der Waals surface area contributed by atoms with Crippen molar-refractivity contribution in [3.8, 4) is 0 Å². The van der Waals surface area contributed by atoms with Crippen LogP contribution in [0.3, 0.4) is 0 Å². The molecule has 4 N–H and O–H groups in total. The molecule has 0 unspecified atom stereocenters. The van der Waals surface area contributed by atoms with Crippen LogP contribution >= 0.6 is 0 Å². The van der Waals surface area contributed by atoms with E-state index in [0.717, 1.165) is 22.8 Å². The third-order valence-electron chi connectivity index (χ3n) is 9.25. The fourth-order valence-electron chi connectivity index (χ4n) is 5.83. The minimum atomic E-state index is -0.132. The molecule has 4 rings (SSSR count). The number of aliphatic imine (C=N–C) groups is 4. The molecule has 0 aliphatic rings. The Labute approximate surface area is 375 Å². The Kier molecular flexibility index (Phi) is 24.8. The maximum atomic E-state index is 12.9. The van der Waals surface area contributed by atoms with Crippen molar-refractivity contribution in [2.75, 3.05) is 91.6 Å². The van der Waals surface area contributed by atoms with Gasteiger partial charge in [-0.1, -0.05) is 24.3 Å². The van der Waals surface area contributed by atoms with Gasteiger partial charge in [0.2, 0.25) is 23.6 Å². The summed E-state index contributed by atoms with van der Waals surface area (Å²) in [6.45, 7) is 5.72. The zero-order chi connectivity index (χ0) is 45.1. The van der Waals surface area contributed by atoms with Crippen LogP contribution in [0.1, 0.15) is 48.5 Å². The van der Waals surface area contributed by atoms with Crippen LogP contribution in [0.2, 0.25) is 0 Å². The number of hydrogen-bond acceptors (Lipinski definition) is 14. The Balaban J connectivity index is 1.29. The molecule has 0 saturated carbocycles. The second kappa shape index (κ2) is 31.9. The Bertz CT molecular complexity index is 1750. The summed E-state index contributed by atoms with van der Waals surface area (Å²) in [6.07, 6.45) is 14.3. The van der Waals surface area contributed by atoms with E-state index >= 15 is 0 Å². The van der Waals surface area contributed by atoms with E-state index in [-0.39, 0.29) is 49.3 Å². The van der Waals surface area contributed by atoms with Gasteiger partial charge in [-0.15, -0.1) is 0 Å². The smallest absolute Gasteiger partial charge is 0.221 e. The maximum Gasteiger partial charge on any atom is 0.221 e. The van der Waals surface area contributed by atoms with E-state index in [9.17, 15) is 19.2 Å². The minimum absolute atomic E-state index is 0.132. The predicted octanol–water partition coefficient (Wildman–Crippen LogP) is 1.67. The number of carbonyl (C=O) groups is 4. The van der Waals surface area contributed by atoms with E-state index in [2.05, 4.69) is 71.0 Å².